The number of nitrogen functional groups attached to an aromatic ring is 1. The van der Waals surface area contributed by atoms with Crippen molar-refractivity contribution in [3.8, 4) is 5.75 Å². The van der Waals surface area contributed by atoms with Crippen molar-refractivity contribution >= 4 is 38.3 Å². The number of piperidine rings is 1. The monoisotopic (exact) mass is 496 g/mol. The fourth-order valence-corrected chi connectivity index (χ4v) is 5.37. The summed E-state index contributed by atoms with van der Waals surface area (Å²) in [5, 5.41) is 21.9. The molecule has 0 amide bonds. The molecule has 0 radical (unpaired) electrons. The summed E-state index contributed by atoms with van der Waals surface area (Å²) in [6.07, 6.45) is 1.90. The number of anilines is 1. The molecule has 1 heterocycles. The molecule has 35 heavy (non-hydrogen) atoms. The van der Waals surface area contributed by atoms with Crippen LogP contribution in [-0.4, -0.2) is 50.3 Å². The highest BCUT2D eigenvalue weighted by atomic mass is 32.2. The molecule has 10 heteroatoms. The molecule has 3 aromatic rings. The number of sulfonamides is 1. The lowest BCUT2D eigenvalue weighted by Gasteiger charge is -2.26. The van der Waals surface area contributed by atoms with Crippen molar-refractivity contribution in [1.82, 2.24) is 5.32 Å². The Balaban J connectivity index is 1.63. The molecular formula is C25H28N4O5S. The Hall–Kier alpha value is -3.63. The van der Waals surface area contributed by atoms with Crippen LogP contribution in [0.1, 0.15) is 24.0 Å². The standard InChI is InChI=1S/C25H28N4O5S/c26-25(27)19-4-3-18-2-1-17(13-20(18)14-19)15-29(35(32,33)16-24(30)31)21-5-7-22(8-6-21)34-23-9-11-28-12-10-23/h1-8,13-14,23,28H,9-12,15-16H2,(H3,26,27)(H,30,31). The fraction of sp³-hybridized carbons (Fsp3) is 0.280. The third-order valence-corrected chi connectivity index (χ3v) is 7.52. The molecule has 0 spiro atoms. The van der Waals surface area contributed by atoms with E-state index in [4.69, 9.17) is 15.9 Å². The number of aliphatic carboxylic acids is 1. The Labute approximate surface area is 204 Å². The zero-order chi connectivity index (χ0) is 25.0. The van der Waals surface area contributed by atoms with Crippen LogP contribution >= 0.6 is 0 Å². The highest BCUT2D eigenvalue weighted by Gasteiger charge is 2.26. The number of nitrogens with two attached hydrogens (primary N) is 1. The van der Waals surface area contributed by atoms with Gasteiger partial charge in [-0.15, -0.1) is 0 Å². The quantitative estimate of drug-likeness (QED) is 0.263. The number of rotatable bonds is 9. The van der Waals surface area contributed by atoms with Crippen LogP contribution in [0.2, 0.25) is 0 Å². The Bertz CT molecular complexity index is 1340. The number of hydrogen-bond donors (Lipinski definition) is 4. The van der Waals surface area contributed by atoms with E-state index in [9.17, 15) is 18.3 Å². The van der Waals surface area contributed by atoms with Crippen molar-refractivity contribution < 1.29 is 23.1 Å². The summed E-state index contributed by atoms with van der Waals surface area (Å²) in [7, 11) is -4.16. The molecule has 1 saturated heterocycles. The highest BCUT2D eigenvalue weighted by molar-refractivity contribution is 7.93. The van der Waals surface area contributed by atoms with E-state index in [-0.39, 0.29) is 18.5 Å². The lowest BCUT2D eigenvalue weighted by molar-refractivity contribution is -0.134. The van der Waals surface area contributed by atoms with Crippen LogP contribution in [0, 0.1) is 5.41 Å². The maximum Gasteiger partial charge on any atom is 0.320 e. The third-order valence-electron chi connectivity index (χ3n) is 5.90. The predicted molar refractivity (Wildman–Crippen MR) is 136 cm³/mol. The normalized spacial score (nSPS) is 14.5. The molecule has 1 fully saturated rings. The first-order valence-electron chi connectivity index (χ1n) is 11.3. The number of amidine groups is 1. The number of ether oxygens (including phenoxy) is 1. The summed E-state index contributed by atoms with van der Waals surface area (Å²) in [4.78, 5) is 11.3. The minimum atomic E-state index is -4.16. The number of nitrogens with one attached hydrogen (secondary N) is 2. The van der Waals surface area contributed by atoms with E-state index < -0.39 is 21.7 Å². The van der Waals surface area contributed by atoms with Gasteiger partial charge in [0.05, 0.1) is 12.2 Å². The van der Waals surface area contributed by atoms with Crippen LogP contribution < -0.4 is 20.1 Å². The van der Waals surface area contributed by atoms with Gasteiger partial charge in [-0.1, -0.05) is 24.3 Å². The van der Waals surface area contributed by atoms with E-state index in [2.05, 4.69) is 5.32 Å². The predicted octanol–water partition coefficient (Wildman–Crippen LogP) is 2.68. The molecule has 184 valence electrons. The molecule has 0 aliphatic carbocycles. The van der Waals surface area contributed by atoms with Crippen LogP contribution in [0.25, 0.3) is 10.8 Å². The molecule has 0 bridgehead atoms. The van der Waals surface area contributed by atoms with Crippen molar-refractivity contribution in [1.29, 1.82) is 5.41 Å². The summed E-state index contributed by atoms with van der Waals surface area (Å²) < 4.78 is 33.1. The van der Waals surface area contributed by atoms with E-state index in [1.165, 1.54) is 0 Å². The molecule has 0 aromatic heterocycles. The third kappa shape index (κ3) is 6.09. The zero-order valence-electron chi connectivity index (χ0n) is 19.1. The van der Waals surface area contributed by atoms with Crippen molar-refractivity contribution in [2.24, 2.45) is 5.73 Å². The lowest BCUT2D eigenvalue weighted by Crippen LogP contribution is -2.35. The molecule has 0 unspecified atom stereocenters. The summed E-state index contributed by atoms with van der Waals surface area (Å²) in [5.41, 5.74) is 7.18. The van der Waals surface area contributed by atoms with E-state index in [1.807, 2.05) is 18.2 Å². The molecule has 0 saturated carbocycles. The summed E-state index contributed by atoms with van der Waals surface area (Å²) >= 11 is 0. The molecule has 0 atom stereocenters. The lowest BCUT2D eigenvalue weighted by atomic mass is 10.0. The van der Waals surface area contributed by atoms with Gasteiger partial charge in [0.1, 0.15) is 17.7 Å². The SMILES string of the molecule is N=C(N)c1ccc2ccc(CN(c3ccc(OC4CCNCC4)cc3)S(=O)(=O)CC(=O)O)cc2c1. The summed E-state index contributed by atoms with van der Waals surface area (Å²) in [6, 6.07) is 17.5. The highest BCUT2D eigenvalue weighted by Crippen LogP contribution is 2.27. The maximum absolute atomic E-state index is 13.0. The van der Waals surface area contributed by atoms with Crippen molar-refractivity contribution in [2.45, 2.75) is 25.5 Å². The first kappa shape index (κ1) is 24.5. The van der Waals surface area contributed by atoms with Gasteiger partial charge in [-0.3, -0.25) is 14.5 Å². The van der Waals surface area contributed by atoms with Crippen LogP contribution in [0.15, 0.2) is 60.7 Å². The second kappa shape index (κ2) is 10.3. The van der Waals surface area contributed by atoms with E-state index >= 15 is 0 Å². The van der Waals surface area contributed by atoms with Gasteiger partial charge in [-0.25, -0.2) is 8.42 Å². The number of carboxylic acids is 1. The first-order chi connectivity index (χ1) is 16.7. The zero-order valence-corrected chi connectivity index (χ0v) is 19.9. The minimum Gasteiger partial charge on any atom is -0.490 e. The number of carbonyl (C=O) groups is 1. The van der Waals surface area contributed by atoms with Gasteiger partial charge < -0.3 is 20.9 Å². The van der Waals surface area contributed by atoms with Gasteiger partial charge >= 0.3 is 5.97 Å². The fourth-order valence-electron chi connectivity index (χ4n) is 4.11. The van der Waals surface area contributed by atoms with Crippen molar-refractivity contribution in [3.05, 3.63) is 71.8 Å². The molecule has 3 aromatic carbocycles. The minimum absolute atomic E-state index is 0.0512. The molecule has 9 nitrogen and oxygen atoms in total. The molecule has 1 aliphatic heterocycles. The molecule has 5 N–H and O–H groups in total. The Morgan fingerprint density at radius 1 is 1.06 bits per heavy atom. The van der Waals surface area contributed by atoms with E-state index in [0.717, 1.165) is 41.0 Å². The van der Waals surface area contributed by atoms with Crippen LogP contribution in [0.4, 0.5) is 5.69 Å². The average Bonchev–Trinajstić information content (AvgIpc) is 2.82. The second-order valence-electron chi connectivity index (χ2n) is 8.53. The number of hydrogen-bond acceptors (Lipinski definition) is 6. The molecular weight excluding hydrogens is 468 g/mol. The molecule has 1 aliphatic rings. The largest absolute Gasteiger partial charge is 0.490 e. The number of nitrogens with zero attached hydrogens (tertiary/aromatic N) is 1. The topological polar surface area (TPSA) is 146 Å². The smallest absolute Gasteiger partial charge is 0.320 e. The van der Waals surface area contributed by atoms with Gasteiger partial charge in [0, 0.05) is 5.56 Å². The second-order valence-corrected chi connectivity index (χ2v) is 10.4. The summed E-state index contributed by atoms with van der Waals surface area (Å²) in [6.45, 7) is 1.73. The molecule has 4 rings (SSSR count). The van der Waals surface area contributed by atoms with Crippen molar-refractivity contribution in [3.63, 3.8) is 0 Å². The van der Waals surface area contributed by atoms with Crippen LogP contribution in [-0.2, 0) is 21.4 Å². The van der Waals surface area contributed by atoms with Gasteiger partial charge in [-0.05, 0) is 78.7 Å². The van der Waals surface area contributed by atoms with E-state index in [1.54, 1.807) is 42.5 Å². The Morgan fingerprint density at radius 2 is 1.74 bits per heavy atom. The first-order valence-corrected chi connectivity index (χ1v) is 12.9. The Morgan fingerprint density at radius 3 is 2.40 bits per heavy atom. The van der Waals surface area contributed by atoms with Gasteiger partial charge in [0.15, 0.2) is 5.75 Å². The van der Waals surface area contributed by atoms with Crippen molar-refractivity contribution in [2.75, 3.05) is 23.1 Å². The van der Waals surface area contributed by atoms with Crippen LogP contribution in [0.3, 0.4) is 0 Å². The van der Waals surface area contributed by atoms with Gasteiger partial charge in [0.2, 0.25) is 10.0 Å². The summed E-state index contributed by atoms with van der Waals surface area (Å²) in [5.74, 6) is -1.87. The average molecular weight is 497 g/mol. The maximum atomic E-state index is 13.0. The number of benzene rings is 3. The number of carboxylic acid groups (broad SMARTS) is 1. The number of fused-ring (bicyclic) bond motifs is 1. The Kier molecular flexibility index (Phi) is 7.23. The van der Waals surface area contributed by atoms with E-state index in [0.29, 0.717) is 22.6 Å². The van der Waals surface area contributed by atoms with Gasteiger partial charge in [0.25, 0.3) is 0 Å². The van der Waals surface area contributed by atoms with Gasteiger partial charge in [-0.2, -0.15) is 0 Å². The van der Waals surface area contributed by atoms with Crippen LogP contribution in [0.5, 0.6) is 5.75 Å².